The van der Waals surface area contributed by atoms with E-state index in [0.717, 1.165) is 23.4 Å². The average molecular weight is 449 g/mol. The molecule has 1 amide bonds. The van der Waals surface area contributed by atoms with Crippen molar-refractivity contribution in [1.82, 2.24) is 4.57 Å². The van der Waals surface area contributed by atoms with Gasteiger partial charge in [-0.2, -0.15) is 0 Å². The molecule has 4 rings (SSSR count). The number of aryl methyl sites for hydroxylation is 2. The summed E-state index contributed by atoms with van der Waals surface area (Å²) in [5.74, 6) is 0.117. The Labute approximate surface area is 194 Å². The van der Waals surface area contributed by atoms with Crippen molar-refractivity contribution in [2.24, 2.45) is 5.92 Å². The predicted molar refractivity (Wildman–Crippen MR) is 132 cm³/mol. The molecule has 4 nitrogen and oxygen atoms in total. The zero-order valence-corrected chi connectivity index (χ0v) is 19.4. The zero-order valence-electron chi connectivity index (χ0n) is 18.7. The minimum atomic E-state index is -0.432. The van der Waals surface area contributed by atoms with Crippen molar-refractivity contribution in [3.63, 3.8) is 0 Å². The number of hydrogen-bond donors (Lipinski definition) is 1. The summed E-state index contributed by atoms with van der Waals surface area (Å²) in [4.78, 5) is 26.7. The molecule has 1 aliphatic rings. The Morgan fingerprint density at radius 3 is 2.44 bits per heavy atom. The monoisotopic (exact) mass is 448 g/mol. The molecule has 0 atom stereocenters. The first-order valence-corrected chi connectivity index (χ1v) is 11.7. The van der Waals surface area contributed by atoms with Crippen molar-refractivity contribution in [2.75, 3.05) is 5.32 Å². The fourth-order valence-electron chi connectivity index (χ4n) is 4.72. The highest BCUT2D eigenvalue weighted by Crippen LogP contribution is 2.32. The Morgan fingerprint density at radius 2 is 1.72 bits per heavy atom. The number of hydrogen-bond acceptors (Lipinski definition) is 2. The number of benzene rings is 2. The van der Waals surface area contributed by atoms with E-state index in [1.54, 1.807) is 30.3 Å². The summed E-state index contributed by atoms with van der Waals surface area (Å²) >= 11 is 6.26. The minimum Gasteiger partial charge on any atom is -0.344 e. The first-order valence-electron chi connectivity index (χ1n) is 11.3. The van der Waals surface area contributed by atoms with E-state index in [1.165, 1.54) is 32.1 Å². The van der Waals surface area contributed by atoms with Crippen LogP contribution in [-0.2, 0) is 6.54 Å². The van der Waals surface area contributed by atoms with Crippen molar-refractivity contribution < 1.29 is 4.79 Å². The Balaban J connectivity index is 1.87. The van der Waals surface area contributed by atoms with Gasteiger partial charge in [0.25, 0.3) is 5.91 Å². The van der Waals surface area contributed by atoms with Crippen molar-refractivity contribution in [3.8, 4) is 11.3 Å². The van der Waals surface area contributed by atoms with E-state index in [4.69, 9.17) is 11.6 Å². The molecule has 5 heteroatoms. The number of nitrogens with one attached hydrogen (secondary N) is 1. The molecule has 1 heterocycles. The average Bonchev–Trinajstić information content (AvgIpc) is 2.78. The van der Waals surface area contributed by atoms with Crippen LogP contribution in [0.2, 0.25) is 5.02 Å². The van der Waals surface area contributed by atoms with Crippen molar-refractivity contribution in [1.29, 1.82) is 0 Å². The SMILES string of the molecule is Cc1ccccc1-c1c(C(=O)Nc2ccccc2Cl)c(=O)cc(C)n1CC1CCCCC1. The molecule has 166 valence electrons. The van der Waals surface area contributed by atoms with Gasteiger partial charge in [0.05, 0.1) is 16.4 Å². The number of para-hydroxylation sites is 1. The second kappa shape index (κ2) is 9.74. The van der Waals surface area contributed by atoms with Gasteiger partial charge in [0, 0.05) is 23.9 Å². The summed E-state index contributed by atoms with van der Waals surface area (Å²) in [7, 11) is 0. The Kier molecular flexibility index (Phi) is 6.80. The number of carbonyl (C=O) groups is 1. The first kappa shape index (κ1) is 22.3. The highest BCUT2D eigenvalue weighted by molar-refractivity contribution is 6.34. The molecule has 0 saturated heterocycles. The van der Waals surface area contributed by atoms with Crippen LogP contribution in [0.1, 0.15) is 53.7 Å². The summed E-state index contributed by atoms with van der Waals surface area (Å²) in [6, 6.07) is 16.6. The molecule has 0 unspecified atom stereocenters. The standard InChI is InChI=1S/C27H29ClN2O2/c1-18-10-6-7-13-21(18)26-25(27(32)29-23-15-9-8-14-22(23)28)24(31)16-19(2)30(26)17-20-11-4-3-5-12-20/h6-10,13-16,20H,3-5,11-12,17H2,1-2H3,(H,29,32). The molecule has 1 fully saturated rings. The number of anilines is 1. The van der Waals surface area contributed by atoms with Crippen LogP contribution >= 0.6 is 11.6 Å². The van der Waals surface area contributed by atoms with E-state index in [9.17, 15) is 9.59 Å². The van der Waals surface area contributed by atoms with E-state index >= 15 is 0 Å². The number of nitrogens with zero attached hydrogens (tertiary/aromatic N) is 1. The van der Waals surface area contributed by atoms with Gasteiger partial charge in [-0.05, 0) is 50.3 Å². The maximum atomic E-state index is 13.5. The molecule has 32 heavy (non-hydrogen) atoms. The molecule has 0 spiro atoms. The lowest BCUT2D eigenvalue weighted by Crippen LogP contribution is -2.28. The van der Waals surface area contributed by atoms with E-state index in [2.05, 4.69) is 9.88 Å². The highest BCUT2D eigenvalue weighted by atomic mass is 35.5. The van der Waals surface area contributed by atoms with Crippen LogP contribution in [0.4, 0.5) is 5.69 Å². The first-order chi connectivity index (χ1) is 15.5. The largest absolute Gasteiger partial charge is 0.344 e. The van der Waals surface area contributed by atoms with Crippen LogP contribution in [0.3, 0.4) is 0 Å². The Hall–Kier alpha value is -2.85. The molecular weight excluding hydrogens is 420 g/mol. The molecule has 0 radical (unpaired) electrons. The minimum absolute atomic E-state index is 0.167. The molecule has 3 aromatic rings. The molecule has 1 N–H and O–H groups in total. The fourth-order valence-corrected chi connectivity index (χ4v) is 4.90. The second-order valence-corrected chi connectivity index (χ2v) is 9.14. The lowest BCUT2D eigenvalue weighted by atomic mass is 9.88. The lowest BCUT2D eigenvalue weighted by molar-refractivity contribution is 0.102. The smallest absolute Gasteiger partial charge is 0.261 e. The molecule has 2 aromatic carbocycles. The van der Waals surface area contributed by atoms with E-state index < -0.39 is 5.91 Å². The van der Waals surface area contributed by atoms with Crippen LogP contribution in [-0.4, -0.2) is 10.5 Å². The third-order valence-electron chi connectivity index (χ3n) is 6.43. The second-order valence-electron chi connectivity index (χ2n) is 8.74. The number of rotatable bonds is 5. The normalized spacial score (nSPS) is 14.3. The number of halogens is 1. The van der Waals surface area contributed by atoms with Crippen molar-refractivity contribution in [3.05, 3.63) is 86.7 Å². The maximum absolute atomic E-state index is 13.5. The quantitative estimate of drug-likeness (QED) is 0.476. The van der Waals surface area contributed by atoms with Gasteiger partial charge in [-0.3, -0.25) is 9.59 Å². The van der Waals surface area contributed by atoms with Gasteiger partial charge >= 0.3 is 0 Å². The summed E-state index contributed by atoms with van der Waals surface area (Å²) in [5.41, 5.74) is 3.91. The molecule has 0 bridgehead atoms. The zero-order chi connectivity index (χ0) is 22.7. The lowest BCUT2D eigenvalue weighted by Gasteiger charge is -2.27. The van der Waals surface area contributed by atoms with Crippen LogP contribution in [0.5, 0.6) is 0 Å². The maximum Gasteiger partial charge on any atom is 0.261 e. The van der Waals surface area contributed by atoms with Gasteiger partial charge in [0.2, 0.25) is 0 Å². The van der Waals surface area contributed by atoms with Gasteiger partial charge in [0.1, 0.15) is 5.56 Å². The molecule has 0 aliphatic heterocycles. The molecular formula is C27H29ClN2O2. The molecule has 1 aliphatic carbocycles. The number of amides is 1. The van der Waals surface area contributed by atoms with Gasteiger partial charge in [0.15, 0.2) is 5.43 Å². The van der Waals surface area contributed by atoms with Gasteiger partial charge in [-0.1, -0.05) is 67.3 Å². The molecule has 1 saturated carbocycles. The van der Waals surface area contributed by atoms with Crippen molar-refractivity contribution in [2.45, 2.75) is 52.5 Å². The molecule has 1 aromatic heterocycles. The van der Waals surface area contributed by atoms with Crippen molar-refractivity contribution >= 4 is 23.2 Å². The predicted octanol–water partition coefficient (Wildman–Crippen LogP) is 6.62. The van der Waals surface area contributed by atoms with E-state index in [-0.39, 0.29) is 11.0 Å². The van der Waals surface area contributed by atoms with E-state index in [1.807, 2.05) is 38.1 Å². The third-order valence-corrected chi connectivity index (χ3v) is 6.76. The van der Waals surface area contributed by atoms with Crippen LogP contribution in [0.15, 0.2) is 59.4 Å². The van der Waals surface area contributed by atoms with Gasteiger partial charge in [-0.15, -0.1) is 0 Å². The summed E-state index contributed by atoms with van der Waals surface area (Å²) in [6.45, 7) is 4.78. The van der Waals surface area contributed by atoms with Crippen LogP contribution in [0.25, 0.3) is 11.3 Å². The number of aromatic nitrogens is 1. The van der Waals surface area contributed by atoms with E-state index in [0.29, 0.717) is 22.3 Å². The Morgan fingerprint density at radius 1 is 1.03 bits per heavy atom. The van der Waals surface area contributed by atoms with Gasteiger partial charge in [-0.25, -0.2) is 0 Å². The Bertz CT molecular complexity index is 1190. The van der Waals surface area contributed by atoms with Crippen LogP contribution in [0, 0.1) is 19.8 Å². The third kappa shape index (κ3) is 4.66. The summed E-state index contributed by atoms with van der Waals surface area (Å²) in [6.07, 6.45) is 6.13. The fraction of sp³-hybridized carbons (Fsp3) is 0.333. The number of pyridine rings is 1. The van der Waals surface area contributed by atoms with Crippen LogP contribution < -0.4 is 10.7 Å². The number of carbonyl (C=O) groups excluding carboxylic acids is 1. The highest BCUT2D eigenvalue weighted by Gasteiger charge is 2.25. The summed E-state index contributed by atoms with van der Waals surface area (Å²) < 4.78 is 2.18. The van der Waals surface area contributed by atoms with Gasteiger partial charge < -0.3 is 9.88 Å². The topological polar surface area (TPSA) is 51.1 Å². The summed E-state index contributed by atoms with van der Waals surface area (Å²) in [5, 5.41) is 3.30.